The van der Waals surface area contributed by atoms with E-state index >= 15 is 0 Å². The summed E-state index contributed by atoms with van der Waals surface area (Å²) in [6, 6.07) is 10.7. The molecule has 0 saturated heterocycles. The van der Waals surface area contributed by atoms with Crippen LogP contribution in [0.5, 0.6) is 0 Å². The van der Waals surface area contributed by atoms with Crippen molar-refractivity contribution < 1.29 is 4.79 Å². The molecule has 0 bridgehead atoms. The molecule has 0 spiro atoms. The van der Waals surface area contributed by atoms with Crippen molar-refractivity contribution in [2.24, 2.45) is 0 Å². The van der Waals surface area contributed by atoms with Crippen molar-refractivity contribution in [3.63, 3.8) is 0 Å². The Morgan fingerprint density at radius 3 is 2.82 bits per heavy atom. The fraction of sp³-hybridized carbons (Fsp3) is 0.381. The van der Waals surface area contributed by atoms with Crippen LogP contribution in [0.1, 0.15) is 47.6 Å². The number of thioether (sulfide) groups is 1. The summed E-state index contributed by atoms with van der Waals surface area (Å²) >= 11 is 3.23. The molecule has 5 nitrogen and oxygen atoms in total. The van der Waals surface area contributed by atoms with Gasteiger partial charge in [0.1, 0.15) is 5.82 Å². The van der Waals surface area contributed by atoms with Gasteiger partial charge >= 0.3 is 0 Å². The highest BCUT2D eigenvalue weighted by atomic mass is 32.2. The van der Waals surface area contributed by atoms with Gasteiger partial charge in [-0.15, -0.1) is 21.5 Å². The van der Waals surface area contributed by atoms with Gasteiger partial charge < -0.3 is 9.88 Å². The number of amides is 1. The summed E-state index contributed by atoms with van der Waals surface area (Å²) in [6.45, 7) is 5.99. The van der Waals surface area contributed by atoms with Crippen LogP contribution in [0.2, 0.25) is 0 Å². The van der Waals surface area contributed by atoms with E-state index < -0.39 is 0 Å². The third-order valence-corrected chi connectivity index (χ3v) is 6.78. The Hall–Kier alpha value is -2.12. The van der Waals surface area contributed by atoms with Gasteiger partial charge in [0, 0.05) is 23.0 Å². The van der Waals surface area contributed by atoms with Crippen molar-refractivity contribution in [3.8, 4) is 0 Å². The van der Waals surface area contributed by atoms with Gasteiger partial charge in [-0.2, -0.15) is 0 Å². The number of nitrogens with one attached hydrogen (secondary N) is 1. The molecule has 2 heterocycles. The van der Waals surface area contributed by atoms with Crippen LogP contribution in [0.25, 0.3) is 0 Å². The maximum absolute atomic E-state index is 12.7. The molecule has 0 radical (unpaired) electrons. The van der Waals surface area contributed by atoms with E-state index in [9.17, 15) is 4.79 Å². The summed E-state index contributed by atoms with van der Waals surface area (Å²) in [7, 11) is 0. The van der Waals surface area contributed by atoms with Gasteiger partial charge in [0.05, 0.1) is 5.25 Å². The Kier molecular flexibility index (Phi) is 5.55. The maximum atomic E-state index is 12.7. The zero-order chi connectivity index (χ0) is 19.7. The van der Waals surface area contributed by atoms with Crippen LogP contribution in [-0.2, 0) is 11.2 Å². The third kappa shape index (κ3) is 4.31. The molecule has 1 unspecified atom stereocenters. The molecule has 1 amide bonds. The van der Waals surface area contributed by atoms with Gasteiger partial charge in [0.25, 0.3) is 0 Å². The minimum absolute atomic E-state index is 0.0119. The van der Waals surface area contributed by atoms with Crippen LogP contribution in [-0.4, -0.2) is 25.9 Å². The summed E-state index contributed by atoms with van der Waals surface area (Å²) in [5, 5.41) is 14.6. The number of rotatable bonds is 7. The van der Waals surface area contributed by atoms with Gasteiger partial charge in [-0.25, -0.2) is 0 Å². The predicted molar refractivity (Wildman–Crippen MR) is 115 cm³/mol. The zero-order valence-electron chi connectivity index (χ0n) is 16.3. The number of carbonyl (C=O) groups is 1. The second kappa shape index (κ2) is 8.09. The SMILES string of the molecule is Cc1ccc(NC(=O)C(C)Sc2nnc(Cc3cccs3)n2C2CC2)c(C)c1. The molecule has 1 aliphatic rings. The van der Waals surface area contributed by atoms with E-state index in [0.717, 1.165) is 41.5 Å². The quantitative estimate of drug-likeness (QED) is 0.555. The summed E-state index contributed by atoms with van der Waals surface area (Å²) in [4.78, 5) is 14.0. The number of hydrogen-bond donors (Lipinski definition) is 1. The Balaban J connectivity index is 1.47. The number of aromatic nitrogens is 3. The lowest BCUT2D eigenvalue weighted by atomic mass is 10.1. The molecule has 146 valence electrons. The molecule has 1 aromatic carbocycles. The van der Waals surface area contributed by atoms with E-state index in [0.29, 0.717) is 6.04 Å². The zero-order valence-corrected chi connectivity index (χ0v) is 17.9. The lowest BCUT2D eigenvalue weighted by molar-refractivity contribution is -0.115. The summed E-state index contributed by atoms with van der Waals surface area (Å²) in [5.41, 5.74) is 3.13. The van der Waals surface area contributed by atoms with Crippen molar-refractivity contribution in [1.82, 2.24) is 14.8 Å². The average molecular weight is 413 g/mol. The molecule has 7 heteroatoms. The molecular formula is C21H24N4OS2. The number of anilines is 1. The molecule has 1 fully saturated rings. The number of aryl methyl sites for hydroxylation is 2. The van der Waals surface area contributed by atoms with Crippen molar-refractivity contribution in [2.45, 2.75) is 56.5 Å². The third-order valence-electron chi connectivity index (χ3n) is 4.85. The second-order valence-corrected chi connectivity index (χ2v) is 9.66. The van der Waals surface area contributed by atoms with Crippen LogP contribution in [0.4, 0.5) is 5.69 Å². The largest absolute Gasteiger partial charge is 0.325 e. The molecule has 2 aromatic heterocycles. The average Bonchev–Trinajstić information content (AvgIpc) is 3.22. The van der Waals surface area contributed by atoms with E-state index in [1.165, 1.54) is 22.2 Å². The van der Waals surface area contributed by atoms with Crippen LogP contribution in [0.15, 0.2) is 40.9 Å². The van der Waals surface area contributed by atoms with Gasteiger partial charge in [-0.3, -0.25) is 4.79 Å². The molecule has 1 aliphatic carbocycles. The van der Waals surface area contributed by atoms with Crippen LogP contribution in [0.3, 0.4) is 0 Å². The molecule has 1 saturated carbocycles. The van der Waals surface area contributed by atoms with Crippen molar-refractivity contribution >= 4 is 34.7 Å². The second-order valence-electron chi connectivity index (χ2n) is 7.32. The first-order chi connectivity index (χ1) is 13.5. The first-order valence-electron chi connectivity index (χ1n) is 9.52. The number of benzene rings is 1. The highest BCUT2D eigenvalue weighted by molar-refractivity contribution is 8.00. The van der Waals surface area contributed by atoms with E-state index in [-0.39, 0.29) is 11.2 Å². The highest BCUT2D eigenvalue weighted by Crippen LogP contribution is 2.40. The normalized spacial score (nSPS) is 14.8. The fourth-order valence-corrected chi connectivity index (χ4v) is 4.82. The molecule has 3 aromatic rings. The summed E-state index contributed by atoms with van der Waals surface area (Å²) < 4.78 is 2.24. The van der Waals surface area contributed by atoms with E-state index in [1.807, 2.05) is 26.0 Å². The first kappa shape index (κ1) is 19.2. The van der Waals surface area contributed by atoms with Crippen molar-refractivity contribution in [1.29, 1.82) is 0 Å². The Morgan fingerprint density at radius 1 is 1.32 bits per heavy atom. The Bertz CT molecular complexity index is 976. The van der Waals surface area contributed by atoms with Gasteiger partial charge in [-0.05, 0) is 56.7 Å². The molecule has 28 heavy (non-hydrogen) atoms. The van der Waals surface area contributed by atoms with E-state index in [2.05, 4.69) is 50.6 Å². The predicted octanol–water partition coefficient (Wildman–Crippen LogP) is 5.00. The number of nitrogens with zero attached hydrogens (tertiary/aromatic N) is 3. The Morgan fingerprint density at radius 2 is 2.14 bits per heavy atom. The minimum Gasteiger partial charge on any atom is -0.325 e. The van der Waals surface area contributed by atoms with Crippen molar-refractivity contribution in [3.05, 3.63) is 57.5 Å². The fourth-order valence-electron chi connectivity index (χ4n) is 3.18. The van der Waals surface area contributed by atoms with Crippen LogP contribution >= 0.6 is 23.1 Å². The van der Waals surface area contributed by atoms with Gasteiger partial charge in [-0.1, -0.05) is 35.5 Å². The number of carbonyl (C=O) groups excluding carboxylic acids is 1. The first-order valence-corrected chi connectivity index (χ1v) is 11.3. The van der Waals surface area contributed by atoms with E-state index in [4.69, 9.17) is 0 Å². The van der Waals surface area contributed by atoms with Crippen molar-refractivity contribution in [2.75, 3.05) is 5.32 Å². The Labute approximate surface area is 173 Å². The topological polar surface area (TPSA) is 59.8 Å². The number of thiophene rings is 1. The smallest absolute Gasteiger partial charge is 0.237 e. The molecular weight excluding hydrogens is 388 g/mol. The summed E-state index contributed by atoms with van der Waals surface area (Å²) in [6.07, 6.45) is 3.11. The molecule has 1 N–H and O–H groups in total. The monoisotopic (exact) mass is 412 g/mol. The summed E-state index contributed by atoms with van der Waals surface area (Å²) in [5.74, 6) is 0.983. The maximum Gasteiger partial charge on any atom is 0.237 e. The van der Waals surface area contributed by atoms with Crippen LogP contribution < -0.4 is 5.32 Å². The molecule has 4 rings (SSSR count). The van der Waals surface area contributed by atoms with E-state index in [1.54, 1.807) is 11.3 Å². The van der Waals surface area contributed by atoms with Crippen LogP contribution in [0, 0.1) is 13.8 Å². The minimum atomic E-state index is -0.253. The van der Waals surface area contributed by atoms with Gasteiger partial charge in [0.2, 0.25) is 5.91 Å². The number of hydrogen-bond acceptors (Lipinski definition) is 5. The lowest BCUT2D eigenvalue weighted by Gasteiger charge is -2.14. The highest BCUT2D eigenvalue weighted by Gasteiger charge is 2.31. The molecule has 1 atom stereocenters. The van der Waals surface area contributed by atoms with Gasteiger partial charge in [0.15, 0.2) is 5.16 Å². The molecule has 0 aliphatic heterocycles. The lowest BCUT2D eigenvalue weighted by Crippen LogP contribution is -2.23. The standard InChI is InChI=1S/C21H24N4OS2/c1-13-6-9-18(14(2)11-13)22-20(26)15(3)28-21-24-23-19(25(21)16-7-8-16)12-17-5-4-10-27-17/h4-6,9-11,15-16H,7-8,12H2,1-3H3,(H,22,26).